The van der Waals surface area contributed by atoms with Crippen LogP contribution in [0.5, 0.6) is 0 Å². The number of amides is 2. The number of hydrogen-bond donors (Lipinski definition) is 2. The van der Waals surface area contributed by atoms with Gasteiger partial charge in [0.2, 0.25) is 0 Å². The quantitative estimate of drug-likeness (QED) is 0.689. The largest absolute Gasteiger partial charge is 0.481 e. The predicted molar refractivity (Wildman–Crippen MR) is 72.6 cm³/mol. The maximum atomic E-state index is 12.0. The third-order valence-corrected chi connectivity index (χ3v) is 3.62. The zero-order valence-corrected chi connectivity index (χ0v) is 11.4. The Morgan fingerprint density at radius 3 is 2.58 bits per heavy atom. The molecule has 0 spiro atoms. The average Bonchev–Trinajstić information content (AvgIpc) is 2.31. The lowest BCUT2D eigenvalue weighted by Crippen LogP contribution is -2.48. The van der Waals surface area contributed by atoms with E-state index in [1.807, 2.05) is 6.92 Å². The van der Waals surface area contributed by atoms with Gasteiger partial charge in [0, 0.05) is 13.1 Å². The lowest BCUT2D eigenvalue weighted by atomic mass is 9.66. The summed E-state index contributed by atoms with van der Waals surface area (Å²) in [4.78, 5) is 24.4. The van der Waals surface area contributed by atoms with E-state index in [9.17, 15) is 9.59 Å². The Hall–Kier alpha value is -1.70. The first-order valence-electron chi connectivity index (χ1n) is 6.71. The summed E-state index contributed by atoms with van der Waals surface area (Å²) in [6.07, 6.45) is 8.96. The number of hydrogen-bond acceptors (Lipinski definition) is 2. The fourth-order valence-corrected chi connectivity index (χ4v) is 2.42. The molecular weight excluding hydrogens is 244 g/mol. The van der Waals surface area contributed by atoms with Crippen molar-refractivity contribution >= 4 is 12.0 Å². The van der Waals surface area contributed by atoms with Crippen LogP contribution in [0.4, 0.5) is 4.79 Å². The fourth-order valence-electron chi connectivity index (χ4n) is 2.42. The van der Waals surface area contributed by atoms with Gasteiger partial charge in [0.15, 0.2) is 0 Å². The molecule has 0 heterocycles. The number of terminal acetylenes is 1. The molecule has 0 aliphatic heterocycles. The third-order valence-electron chi connectivity index (χ3n) is 3.62. The molecule has 1 fully saturated rings. The summed E-state index contributed by atoms with van der Waals surface area (Å²) in [5.41, 5.74) is -0.254. The molecule has 0 saturated heterocycles. The van der Waals surface area contributed by atoms with Crippen LogP contribution in [-0.2, 0) is 4.79 Å². The Balaban J connectivity index is 2.47. The van der Waals surface area contributed by atoms with E-state index in [1.165, 1.54) is 0 Å². The van der Waals surface area contributed by atoms with Crippen LogP contribution >= 0.6 is 0 Å². The minimum Gasteiger partial charge on any atom is -0.481 e. The lowest BCUT2D eigenvalue weighted by Gasteiger charge is -2.41. The van der Waals surface area contributed by atoms with Crippen molar-refractivity contribution in [2.45, 2.75) is 39.0 Å². The molecule has 5 nitrogen and oxygen atoms in total. The van der Waals surface area contributed by atoms with Crippen LogP contribution in [0, 0.1) is 17.8 Å². The molecule has 19 heavy (non-hydrogen) atoms. The van der Waals surface area contributed by atoms with E-state index in [0.29, 0.717) is 13.1 Å². The summed E-state index contributed by atoms with van der Waals surface area (Å²) in [6, 6.07) is -0.198. The summed E-state index contributed by atoms with van der Waals surface area (Å²) >= 11 is 0. The molecule has 1 saturated carbocycles. The second-order valence-corrected chi connectivity index (χ2v) is 5.21. The van der Waals surface area contributed by atoms with E-state index in [2.05, 4.69) is 11.2 Å². The lowest BCUT2D eigenvalue weighted by molar-refractivity contribution is -0.141. The second-order valence-electron chi connectivity index (χ2n) is 5.21. The van der Waals surface area contributed by atoms with Gasteiger partial charge >= 0.3 is 12.0 Å². The van der Waals surface area contributed by atoms with E-state index in [0.717, 1.165) is 25.7 Å². The molecule has 0 radical (unpaired) electrons. The van der Waals surface area contributed by atoms with E-state index < -0.39 is 5.97 Å². The van der Waals surface area contributed by atoms with Crippen LogP contribution in [0.3, 0.4) is 0 Å². The van der Waals surface area contributed by atoms with Crippen molar-refractivity contribution in [3.8, 4) is 12.3 Å². The molecule has 0 aromatic rings. The van der Waals surface area contributed by atoms with Gasteiger partial charge in [-0.3, -0.25) is 4.79 Å². The van der Waals surface area contributed by atoms with Crippen LogP contribution in [-0.4, -0.2) is 41.6 Å². The molecule has 0 unspecified atom stereocenters. The average molecular weight is 266 g/mol. The van der Waals surface area contributed by atoms with Crippen molar-refractivity contribution in [2.24, 2.45) is 5.41 Å². The smallest absolute Gasteiger partial charge is 0.318 e. The van der Waals surface area contributed by atoms with Gasteiger partial charge in [0.1, 0.15) is 0 Å². The summed E-state index contributed by atoms with van der Waals surface area (Å²) in [5.74, 6) is 1.66. The first-order chi connectivity index (χ1) is 9.03. The standard InChI is InChI=1S/C14H22N2O3/c1-3-8-16(9-4-2)13(19)15-11-14(6-5-7-14)10-12(17)18/h1H,4-11H2,2H3,(H,15,19)(H,17,18). The number of nitrogens with zero attached hydrogens (tertiary/aromatic N) is 1. The number of aliphatic carboxylic acids is 1. The van der Waals surface area contributed by atoms with E-state index >= 15 is 0 Å². The normalized spacial score (nSPS) is 16.0. The third kappa shape index (κ3) is 4.47. The van der Waals surface area contributed by atoms with Crippen LogP contribution in [0.1, 0.15) is 39.0 Å². The number of carboxylic acid groups (broad SMARTS) is 1. The first-order valence-corrected chi connectivity index (χ1v) is 6.71. The topological polar surface area (TPSA) is 69.6 Å². The Labute approximate surface area is 114 Å². The molecule has 1 aliphatic rings. The van der Waals surface area contributed by atoms with E-state index in [4.69, 9.17) is 11.5 Å². The zero-order chi connectivity index (χ0) is 14.3. The minimum absolute atomic E-state index is 0.121. The van der Waals surface area contributed by atoms with Crippen LogP contribution in [0.15, 0.2) is 0 Å². The van der Waals surface area contributed by atoms with Gasteiger partial charge < -0.3 is 15.3 Å². The van der Waals surface area contributed by atoms with Gasteiger partial charge in [-0.2, -0.15) is 0 Å². The van der Waals surface area contributed by atoms with Crippen LogP contribution < -0.4 is 5.32 Å². The van der Waals surface area contributed by atoms with Crippen molar-refractivity contribution in [1.29, 1.82) is 0 Å². The predicted octanol–water partition coefficient (Wildman–Crippen LogP) is 1.69. The molecule has 0 aromatic carbocycles. The number of urea groups is 1. The molecule has 0 atom stereocenters. The van der Waals surface area contributed by atoms with Crippen LogP contribution in [0.25, 0.3) is 0 Å². The van der Waals surface area contributed by atoms with Gasteiger partial charge in [-0.05, 0) is 24.7 Å². The number of carboxylic acids is 1. The molecule has 2 amide bonds. The number of nitrogens with one attached hydrogen (secondary N) is 1. The zero-order valence-electron chi connectivity index (χ0n) is 11.4. The van der Waals surface area contributed by atoms with Crippen LogP contribution in [0.2, 0.25) is 0 Å². The first kappa shape index (κ1) is 15.4. The Morgan fingerprint density at radius 2 is 2.16 bits per heavy atom. The summed E-state index contributed by atoms with van der Waals surface area (Å²) < 4.78 is 0. The van der Waals surface area contributed by atoms with Crippen molar-refractivity contribution in [2.75, 3.05) is 19.6 Å². The summed E-state index contributed by atoms with van der Waals surface area (Å²) in [7, 11) is 0. The van der Waals surface area contributed by atoms with Crippen molar-refractivity contribution in [3.63, 3.8) is 0 Å². The summed E-state index contributed by atoms with van der Waals surface area (Å²) in [6.45, 7) is 3.30. The number of carbonyl (C=O) groups is 2. The molecule has 1 rings (SSSR count). The monoisotopic (exact) mass is 266 g/mol. The highest BCUT2D eigenvalue weighted by Crippen LogP contribution is 2.43. The number of rotatable bonds is 7. The van der Waals surface area contributed by atoms with Crippen molar-refractivity contribution in [1.82, 2.24) is 10.2 Å². The van der Waals surface area contributed by atoms with Crippen molar-refractivity contribution in [3.05, 3.63) is 0 Å². The number of carbonyl (C=O) groups excluding carboxylic acids is 1. The van der Waals surface area contributed by atoms with Gasteiger partial charge in [0.25, 0.3) is 0 Å². The highest BCUT2D eigenvalue weighted by Gasteiger charge is 2.39. The molecule has 2 N–H and O–H groups in total. The second kappa shape index (κ2) is 7.03. The minimum atomic E-state index is -0.803. The van der Waals surface area contributed by atoms with Gasteiger partial charge in [-0.15, -0.1) is 6.42 Å². The van der Waals surface area contributed by atoms with E-state index in [1.54, 1.807) is 4.90 Å². The molecule has 0 aromatic heterocycles. The van der Waals surface area contributed by atoms with Gasteiger partial charge in [0.05, 0.1) is 13.0 Å². The molecular formula is C14H22N2O3. The molecule has 5 heteroatoms. The Bertz CT molecular complexity index is 369. The SMILES string of the molecule is C#CCN(CCC)C(=O)NCC1(CC(=O)O)CCC1. The van der Waals surface area contributed by atoms with E-state index in [-0.39, 0.29) is 24.4 Å². The maximum Gasteiger partial charge on any atom is 0.318 e. The highest BCUT2D eigenvalue weighted by molar-refractivity contribution is 5.74. The Kier molecular flexibility index (Phi) is 5.68. The molecule has 0 bridgehead atoms. The fraction of sp³-hybridized carbons (Fsp3) is 0.714. The van der Waals surface area contributed by atoms with Crippen molar-refractivity contribution < 1.29 is 14.7 Å². The summed E-state index contributed by atoms with van der Waals surface area (Å²) in [5, 5.41) is 11.7. The molecule has 106 valence electrons. The van der Waals surface area contributed by atoms with Gasteiger partial charge in [-0.1, -0.05) is 19.3 Å². The maximum absolute atomic E-state index is 12.0. The van der Waals surface area contributed by atoms with Gasteiger partial charge in [-0.25, -0.2) is 4.79 Å². The Morgan fingerprint density at radius 1 is 1.47 bits per heavy atom. The highest BCUT2D eigenvalue weighted by atomic mass is 16.4. The molecule has 1 aliphatic carbocycles.